The summed E-state index contributed by atoms with van der Waals surface area (Å²) in [6.07, 6.45) is 1.51. The van der Waals surface area contributed by atoms with E-state index in [-0.39, 0.29) is 42.8 Å². The number of carbonyl (C=O) groups excluding carboxylic acids is 2. The van der Waals surface area contributed by atoms with E-state index in [1.807, 2.05) is 47.4 Å². The van der Waals surface area contributed by atoms with Gasteiger partial charge in [-0.05, 0) is 30.5 Å². The van der Waals surface area contributed by atoms with Crippen molar-refractivity contribution in [2.75, 3.05) is 13.2 Å². The number of esters is 1. The maximum Gasteiger partial charge on any atom is 0.338 e. The monoisotopic (exact) mass is 393 g/mol. The molecular formula is C23H23NO5. The van der Waals surface area contributed by atoms with E-state index in [1.165, 1.54) is 0 Å². The number of fused-ring (bicyclic) bond motifs is 1. The topological polar surface area (TPSA) is 68.4 Å². The lowest BCUT2D eigenvalue weighted by atomic mass is 10.00. The Hall–Kier alpha value is -2.70. The molecule has 0 saturated carbocycles. The molecule has 3 aliphatic rings. The van der Waals surface area contributed by atoms with Gasteiger partial charge in [0.1, 0.15) is 6.61 Å². The fourth-order valence-corrected chi connectivity index (χ4v) is 4.24. The molecule has 0 radical (unpaired) electrons. The van der Waals surface area contributed by atoms with Crippen LogP contribution in [0.25, 0.3) is 0 Å². The van der Waals surface area contributed by atoms with Gasteiger partial charge in [-0.15, -0.1) is 0 Å². The SMILES string of the molecule is O=C(OCc1ccccc1)c1ccc([C@H]2OC[C@@H]3C[C@@H](CC4CO4)C(=O)N32)cc1. The molecule has 1 amide bonds. The van der Waals surface area contributed by atoms with Crippen LogP contribution in [0, 0.1) is 5.92 Å². The van der Waals surface area contributed by atoms with Gasteiger partial charge in [-0.25, -0.2) is 4.79 Å². The van der Waals surface area contributed by atoms with Crippen LogP contribution in [0.4, 0.5) is 0 Å². The molecule has 3 fully saturated rings. The summed E-state index contributed by atoms with van der Waals surface area (Å²) < 4.78 is 16.6. The Morgan fingerprint density at radius 1 is 1.03 bits per heavy atom. The molecule has 2 aromatic carbocycles. The van der Waals surface area contributed by atoms with Crippen molar-refractivity contribution in [2.45, 2.75) is 37.8 Å². The van der Waals surface area contributed by atoms with Gasteiger partial charge < -0.3 is 19.1 Å². The Morgan fingerprint density at radius 3 is 2.52 bits per heavy atom. The molecule has 4 atom stereocenters. The van der Waals surface area contributed by atoms with Crippen LogP contribution in [0.2, 0.25) is 0 Å². The first-order valence-corrected chi connectivity index (χ1v) is 10.1. The Balaban J connectivity index is 1.23. The number of ether oxygens (including phenoxy) is 3. The summed E-state index contributed by atoms with van der Waals surface area (Å²) >= 11 is 0. The van der Waals surface area contributed by atoms with Crippen molar-refractivity contribution in [3.05, 3.63) is 71.3 Å². The molecule has 3 heterocycles. The quantitative estimate of drug-likeness (QED) is 0.557. The first-order valence-electron chi connectivity index (χ1n) is 10.1. The average Bonchev–Trinajstić information content (AvgIpc) is 3.40. The molecule has 0 bridgehead atoms. The summed E-state index contributed by atoms with van der Waals surface area (Å²) in [5, 5.41) is 0. The molecule has 0 N–H and O–H groups in total. The number of rotatable bonds is 6. The fraction of sp³-hybridized carbons (Fsp3) is 0.391. The second-order valence-electron chi connectivity index (χ2n) is 7.89. The van der Waals surface area contributed by atoms with E-state index >= 15 is 0 Å². The Bertz CT molecular complexity index is 893. The molecule has 0 aliphatic carbocycles. The molecule has 150 valence electrons. The molecule has 1 unspecified atom stereocenters. The highest BCUT2D eigenvalue weighted by molar-refractivity contribution is 5.89. The summed E-state index contributed by atoms with van der Waals surface area (Å²) in [6.45, 7) is 1.57. The van der Waals surface area contributed by atoms with Crippen LogP contribution >= 0.6 is 0 Å². The van der Waals surface area contributed by atoms with Gasteiger partial charge in [-0.1, -0.05) is 42.5 Å². The Kier molecular flexibility index (Phi) is 4.81. The molecule has 3 saturated heterocycles. The highest BCUT2D eigenvalue weighted by atomic mass is 16.6. The Labute approximate surface area is 169 Å². The minimum absolute atomic E-state index is 0.0335. The number of carbonyl (C=O) groups is 2. The van der Waals surface area contributed by atoms with Crippen LogP contribution in [0.15, 0.2) is 54.6 Å². The van der Waals surface area contributed by atoms with Crippen LogP contribution in [0.3, 0.4) is 0 Å². The number of hydrogen-bond acceptors (Lipinski definition) is 5. The number of amides is 1. The predicted molar refractivity (Wildman–Crippen MR) is 104 cm³/mol. The zero-order valence-corrected chi connectivity index (χ0v) is 16.0. The minimum Gasteiger partial charge on any atom is -0.457 e. The van der Waals surface area contributed by atoms with E-state index < -0.39 is 0 Å². The second-order valence-corrected chi connectivity index (χ2v) is 7.89. The third-order valence-electron chi connectivity index (χ3n) is 5.85. The van der Waals surface area contributed by atoms with E-state index in [2.05, 4.69) is 0 Å². The van der Waals surface area contributed by atoms with Crippen molar-refractivity contribution >= 4 is 11.9 Å². The van der Waals surface area contributed by atoms with Crippen LogP contribution < -0.4 is 0 Å². The third kappa shape index (κ3) is 3.78. The minimum atomic E-state index is -0.382. The fourth-order valence-electron chi connectivity index (χ4n) is 4.24. The Morgan fingerprint density at radius 2 is 1.79 bits per heavy atom. The summed E-state index contributed by atoms with van der Waals surface area (Å²) in [6, 6.07) is 16.9. The van der Waals surface area contributed by atoms with E-state index in [4.69, 9.17) is 14.2 Å². The van der Waals surface area contributed by atoms with Gasteiger partial charge in [0.15, 0.2) is 6.23 Å². The lowest BCUT2D eigenvalue weighted by Gasteiger charge is -2.23. The molecule has 0 spiro atoms. The van der Waals surface area contributed by atoms with Crippen LogP contribution in [-0.2, 0) is 25.6 Å². The number of nitrogens with zero attached hydrogens (tertiary/aromatic N) is 1. The molecule has 29 heavy (non-hydrogen) atoms. The highest BCUT2D eigenvalue weighted by Gasteiger charge is 2.49. The molecule has 6 nitrogen and oxygen atoms in total. The van der Waals surface area contributed by atoms with Gasteiger partial charge in [0.05, 0.1) is 30.9 Å². The smallest absolute Gasteiger partial charge is 0.338 e. The van der Waals surface area contributed by atoms with Crippen LogP contribution in [0.5, 0.6) is 0 Å². The van der Waals surface area contributed by atoms with Crippen molar-refractivity contribution in [1.29, 1.82) is 0 Å². The molecule has 2 aromatic rings. The van der Waals surface area contributed by atoms with Gasteiger partial charge in [0.2, 0.25) is 5.91 Å². The number of hydrogen-bond donors (Lipinski definition) is 0. The average molecular weight is 393 g/mol. The predicted octanol–water partition coefficient (Wildman–Crippen LogP) is 3.08. The highest BCUT2D eigenvalue weighted by Crippen LogP contribution is 2.42. The lowest BCUT2D eigenvalue weighted by Crippen LogP contribution is -2.32. The lowest BCUT2D eigenvalue weighted by molar-refractivity contribution is -0.137. The normalized spacial score (nSPS) is 27.7. The van der Waals surface area contributed by atoms with E-state index in [1.54, 1.807) is 12.1 Å². The largest absolute Gasteiger partial charge is 0.457 e. The first-order chi connectivity index (χ1) is 14.2. The second kappa shape index (κ2) is 7.61. The van der Waals surface area contributed by atoms with Gasteiger partial charge in [-0.3, -0.25) is 4.79 Å². The maximum absolute atomic E-state index is 12.8. The molecule has 6 heteroatoms. The van der Waals surface area contributed by atoms with E-state index in [9.17, 15) is 9.59 Å². The first kappa shape index (κ1) is 18.3. The zero-order valence-electron chi connectivity index (χ0n) is 16.0. The summed E-state index contributed by atoms with van der Waals surface area (Å²) in [5.41, 5.74) is 2.31. The zero-order chi connectivity index (χ0) is 19.8. The van der Waals surface area contributed by atoms with Crippen molar-refractivity contribution in [3.63, 3.8) is 0 Å². The summed E-state index contributed by atoms with van der Waals surface area (Å²) in [7, 11) is 0. The third-order valence-corrected chi connectivity index (χ3v) is 5.85. The van der Waals surface area contributed by atoms with Crippen LogP contribution in [-0.4, -0.2) is 42.1 Å². The summed E-state index contributed by atoms with van der Waals surface area (Å²) in [5.74, 6) is -0.183. The van der Waals surface area contributed by atoms with Gasteiger partial charge in [0, 0.05) is 11.5 Å². The number of epoxide rings is 1. The van der Waals surface area contributed by atoms with Gasteiger partial charge in [0.25, 0.3) is 0 Å². The van der Waals surface area contributed by atoms with Crippen LogP contribution in [0.1, 0.15) is 40.6 Å². The van der Waals surface area contributed by atoms with Crippen molar-refractivity contribution < 1.29 is 23.8 Å². The molecule has 0 aromatic heterocycles. The van der Waals surface area contributed by atoms with E-state index in [0.29, 0.717) is 12.2 Å². The standard InChI is InChI=1S/C23H23NO5/c25-21-18(11-20-14-27-20)10-19-13-28-22(24(19)21)16-6-8-17(9-7-16)23(26)29-12-15-4-2-1-3-5-15/h1-9,18-20,22H,10-14H2/t18-,19-,20?,22+/m0/s1. The molecular weight excluding hydrogens is 370 g/mol. The van der Waals surface area contributed by atoms with Crippen molar-refractivity contribution in [2.24, 2.45) is 5.92 Å². The maximum atomic E-state index is 12.8. The van der Waals surface area contributed by atoms with E-state index in [0.717, 1.165) is 30.6 Å². The summed E-state index contributed by atoms with van der Waals surface area (Å²) in [4.78, 5) is 27.0. The van der Waals surface area contributed by atoms with Crippen molar-refractivity contribution in [1.82, 2.24) is 4.90 Å². The van der Waals surface area contributed by atoms with Gasteiger partial charge in [-0.2, -0.15) is 0 Å². The molecule has 3 aliphatic heterocycles. The van der Waals surface area contributed by atoms with Gasteiger partial charge >= 0.3 is 5.97 Å². The number of benzene rings is 2. The van der Waals surface area contributed by atoms with Crippen molar-refractivity contribution in [3.8, 4) is 0 Å². The molecule has 5 rings (SSSR count).